The van der Waals surface area contributed by atoms with Gasteiger partial charge >= 0.3 is 0 Å². The highest BCUT2D eigenvalue weighted by molar-refractivity contribution is 6.37. The Kier molecular flexibility index (Phi) is 4.60. The van der Waals surface area contributed by atoms with Crippen molar-refractivity contribution in [1.29, 1.82) is 0 Å². The van der Waals surface area contributed by atoms with Gasteiger partial charge in [-0.05, 0) is 86.1 Å². The third-order valence-corrected chi connectivity index (χ3v) is 5.15. The predicted octanol–water partition coefficient (Wildman–Crippen LogP) is 5.13. The van der Waals surface area contributed by atoms with E-state index in [0.717, 1.165) is 0 Å². The Morgan fingerprint density at radius 3 is 1.48 bits per heavy atom. The van der Waals surface area contributed by atoms with E-state index in [1.54, 1.807) is 0 Å². The smallest absolute Gasteiger partial charge is 0.0806 e. The second-order valence-corrected chi connectivity index (χ2v) is 7.54. The molecular weight excluding hydrogens is 299 g/mol. The average Bonchev–Trinajstić information content (AvgIpc) is 2.47. The van der Waals surface area contributed by atoms with E-state index in [4.69, 9.17) is 0 Å². The molecule has 0 heterocycles. The first kappa shape index (κ1) is 17.5. The molecule has 0 nitrogen and oxygen atoms in total. The second kappa shape index (κ2) is 6.56. The summed E-state index contributed by atoms with van der Waals surface area (Å²) in [5, 5.41) is 0. The van der Waals surface area contributed by atoms with Crippen molar-refractivity contribution >= 4 is 13.3 Å². The molecule has 25 heavy (non-hydrogen) atoms. The van der Waals surface area contributed by atoms with Gasteiger partial charge in [0.05, 0.1) is 0 Å². The Balaban J connectivity index is 2.40. The lowest BCUT2D eigenvalue weighted by Gasteiger charge is -2.21. The maximum atomic E-state index is 2.30. The van der Waals surface area contributed by atoms with Gasteiger partial charge in [0.15, 0.2) is 0 Å². The molecule has 0 bridgehead atoms. The molecule has 0 radical (unpaired) electrons. The van der Waals surface area contributed by atoms with E-state index < -0.39 is 0 Å². The van der Waals surface area contributed by atoms with Crippen LogP contribution in [0.2, 0.25) is 0 Å². The molecule has 0 spiro atoms. The lowest BCUT2D eigenvalue weighted by molar-refractivity contribution is 1.31. The zero-order valence-electron chi connectivity index (χ0n) is 16.5. The minimum absolute atomic E-state index is 1.33. The van der Waals surface area contributed by atoms with Gasteiger partial charge in [-0.25, -0.2) is 0 Å². The van der Waals surface area contributed by atoms with E-state index in [1.807, 2.05) is 0 Å². The molecule has 0 aliphatic rings. The summed E-state index contributed by atoms with van der Waals surface area (Å²) in [4.78, 5) is 0. The Morgan fingerprint density at radius 2 is 1.00 bits per heavy atom. The molecular formula is C24H27B. The summed E-state index contributed by atoms with van der Waals surface area (Å²) in [7, 11) is 2.23. The van der Waals surface area contributed by atoms with Gasteiger partial charge in [-0.15, -0.1) is 0 Å². The van der Waals surface area contributed by atoms with Crippen molar-refractivity contribution < 1.29 is 0 Å². The minimum Gasteiger partial charge on any atom is -0.0806 e. The lowest BCUT2D eigenvalue weighted by atomic mass is 9.78. The highest BCUT2D eigenvalue weighted by Gasteiger charge is 2.17. The van der Waals surface area contributed by atoms with Crippen LogP contribution in [-0.2, 0) is 0 Å². The van der Waals surface area contributed by atoms with Gasteiger partial charge in [-0.2, -0.15) is 0 Å². The summed E-state index contributed by atoms with van der Waals surface area (Å²) in [5.74, 6) is 0. The van der Waals surface area contributed by atoms with Crippen molar-refractivity contribution in [3.8, 4) is 22.3 Å². The van der Waals surface area contributed by atoms with Gasteiger partial charge in [0.1, 0.15) is 7.85 Å². The van der Waals surface area contributed by atoms with Crippen LogP contribution in [0.5, 0.6) is 0 Å². The van der Waals surface area contributed by atoms with Gasteiger partial charge in [-0.3, -0.25) is 0 Å². The number of rotatable bonds is 2. The summed E-state index contributed by atoms with van der Waals surface area (Å²) in [6, 6.07) is 15.9. The Labute approximate surface area is 153 Å². The van der Waals surface area contributed by atoms with E-state index >= 15 is 0 Å². The van der Waals surface area contributed by atoms with E-state index in [0.29, 0.717) is 0 Å². The van der Waals surface area contributed by atoms with Crippen LogP contribution in [0.25, 0.3) is 22.3 Å². The highest BCUT2D eigenvalue weighted by Crippen LogP contribution is 2.38. The van der Waals surface area contributed by atoms with Crippen molar-refractivity contribution in [2.24, 2.45) is 0 Å². The van der Waals surface area contributed by atoms with E-state index in [1.165, 1.54) is 61.1 Å². The van der Waals surface area contributed by atoms with Crippen LogP contribution in [0, 0.1) is 41.5 Å². The zero-order valence-corrected chi connectivity index (χ0v) is 16.5. The first-order chi connectivity index (χ1) is 11.8. The van der Waals surface area contributed by atoms with Crippen LogP contribution in [0.3, 0.4) is 0 Å². The number of hydrogen-bond donors (Lipinski definition) is 0. The molecule has 0 N–H and O–H groups in total. The topological polar surface area (TPSA) is 0 Å². The Morgan fingerprint density at radius 1 is 0.560 bits per heavy atom. The standard InChI is InChI=1S/C24H27B/c1-14-10-16(3)22(17(4)11-14)20-8-7-9-21(25)24(20)23-18(5)12-15(2)13-19(23)6/h7-13H,25H2,1-6H3. The van der Waals surface area contributed by atoms with Crippen LogP contribution in [-0.4, -0.2) is 7.85 Å². The lowest BCUT2D eigenvalue weighted by Crippen LogP contribution is -2.10. The molecule has 0 saturated carbocycles. The van der Waals surface area contributed by atoms with E-state index in [2.05, 4.69) is 91.9 Å². The molecule has 0 atom stereocenters. The first-order valence-electron chi connectivity index (χ1n) is 9.05. The van der Waals surface area contributed by atoms with E-state index in [9.17, 15) is 0 Å². The largest absolute Gasteiger partial charge is 0.140 e. The van der Waals surface area contributed by atoms with Crippen LogP contribution in [0.1, 0.15) is 33.4 Å². The van der Waals surface area contributed by atoms with Crippen LogP contribution in [0.15, 0.2) is 42.5 Å². The molecule has 3 rings (SSSR count). The van der Waals surface area contributed by atoms with Crippen molar-refractivity contribution in [3.05, 3.63) is 75.8 Å². The molecule has 126 valence electrons. The fourth-order valence-corrected chi connectivity index (χ4v) is 4.39. The second-order valence-electron chi connectivity index (χ2n) is 7.54. The quantitative estimate of drug-likeness (QED) is 0.573. The summed E-state index contributed by atoms with van der Waals surface area (Å²) in [6.07, 6.45) is 0. The third kappa shape index (κ3) is 3.16. The van der Waals surface area contributed by atoms with Crippen LogP contribution < -0.4 is 5.46 Å². The van der Waals surface area contributed by atoms with E-state index in [-0.39, 0.29) is 0 Å². The molecule has 0 aliphatic carbocycles. The monoisotopic (exact) mass is 326 g/mol. The number of benzene rings is 3. The zero-order chi connectivity index (χ0) is 18.3. The highest BCUT2D eigenvalue weighted by atomic mass is 14.2. The maximum absolute atomic E-state index is 2.30. The van der Waals surface area contributed by atoms with Crippen molar-refractivity contribution in [1.82, 2.24) is 0 Å². The molecule has 0 unspecified atom stereocenters. The molecule has 1 heteroatoms. The summed E-state index contributed by atoms with van der Waals surface area (Å²) >= 11 is 0. The van der Waals surface area contributed by atoms with Crippen molar-refractivity contribution in [3.63, 3.8) is 0 Å². The van der Waals surface area contributed by atoms with Gasteiger partial charge in [-0.1, -0.05) is 59.1 Å². The molecule has 3 aromatic carbocycles. The molecule has 0 fully saturated rings. The van der Waals surface area contributed by atoms with Gasteiger partial charge in [0.25, 0.3) is 0 Å². The average molecular weight is 326 g/mol. The number of aryl methyl sites for hydroxylation is 6. The maximum Gasteiger partial charge on any atom is 0.140 e. The Bertz CT molecular complexity index is 918. The Hall–Kier alpha value is -2.28. The van der Waals surface area contributed by atoms with Crippen molar-refractivity contribution in [2.75, 3.05) is 0 Å². The first-order valence-corrected chi connectivity index (χ1v) is 9.05. The third-order valence-electron chi connectivity index (χ3n) is 5.15. The van der Waals surface area contributed by atoms with Crippen molar-refractivity contribution in [2.45, 2.75) is 41.5 Å². The van der Waals surface area contributed by atoms with Crippen LogP contribution >= 0.6 is 0 Å². The SMILES string of the molecule is Bc1cccc(-c2c(C)cc(C)cc2C)c1-c1c(C)cc(C)cc1C. The summed E-state index contributed by atoms with van der Waals surface area (Å²) in [6.45, 7) is 13.3. The number of hydrogen-bond acceptors (Lipinski definition) is 0. The molecule has 0 aliphatic heterocycles. The molecule has 0 saturated heterocycles. The molecule has 3 aromatic rings. The van der Waals surface area contributed by atoms with Gasteiger partial charge in [0, 0.05) is 0 Å². The summed E-state index contributed by atoms with van der Waals surface area (Å²) < 4.78 is 0. The fourth-order valence-electron chi connectivity index (χ4n) is 4.39. The van der Waals surface area contributed by atoms with Crippen LogP contribution in [0.4, 0.5) is 0 Å². The molecule has 0 aromatic heterocycles. The summed E-state index contributed by atoms with van der Waals surface area (Å²) in [5.41, 5.74) is 14.9. The molecule has 0 amide bonds. The minimum atomic E-state index is 1.33. The predicted molar refractivity (Wildman–Crippen MR) is 114 cm³/mol. The van der Waals surface area contributed by atoms with Gasteiger partial charge in [0.2, 0.25) is 0 Å². The van der Waals surface area contributed by atoms with Gasteiger partial charge < -0.3 is 0 Å². The normalized spacial score (nSPS) is 11.0. The fraction of sp³-hybridized carbons (Fsp3) is 0.250.